The summed E-state index contributed by atoms with van der Waals surface area (Å²) >= 11 is 0. The molecule has 11 nitrogen and oxygen atoms in total. The molecule has 1 amide bonds. The summed E-state index contributed by atoms with van der Waals surface area (Å²) in [7, 11) is 4.46. The summed E-state index contributed by atoms with van der Waals surface area (Å²) in [5.41, 5.74) is 2.89. The summed E-state index contributed by atoms with van der Waals surface area (Å²) in [5, 5.41) is 18.4. The molecule has 5 rings (SSSR count). The van der Waals surface area contributed by atoms with Crippen molar-refractivity contribution in [1.29, 1.82) is 5.26 Å². The van der Waals surface area contributed by atoms with E-state index in [1.165, 1.54) is 0 Å². The molecular formula is C33H45N8O3P. The predicted octanol–water partition coefficient (Wildman–Crippen LogP) is 5.51. The Balaban J connectivity index is 1.42. The lowest BCUT2D eigenvalue weighted by molar-refractivity contribution is 0.0571. The number of fused-ring (bicyclic) bond motifs is 1. The minimum atomic E-state index is -0.673. The van der Waals surface area contributed by atoms with Crippen molar-refractivity contribution >= 4 is 32.8 Å². The van der Waals surface area contributed by atoms with Crippen LogP contribution in [0.2, 0.25) is 0 Å². The van der Waals surface area contributed by atoms with Crippen LogP contribution >= 0.6 is 9.24 Å². The molecule has 0 aliphatic carbocycles. The van der Waals surface area contributed by atoms with E-state index in [-0.39, 0.29) is 0 Å². The number of hydrogen-bond donors (Lipinski definition) is 1. The number of likely N-dealkylation sites (tertiary alicyclic amines) is 1. The smallest absolute Gasteiger partial charge is 0.414 e. The lowest BCUT2D eigenvalue weighted by Gasteiger charge is -2.31. The number of nitrogens with one attached hydrogen (secondary N) is 1. The van der Waals surface area contributed by atoms with E-state index in [2.05, 4.69) is 30.5 Å². The molecule has 1 aromatic carbocycles. The van der Waals surface area contributed by atoms with Crippen molar-refractivity contribution in [1.82, 2.24) is 24.6 Å². The van der Waals surface area contributed by atoms with Gasteiger partial charge in [0.1, 0.15) is 17.5 Å². The summed E-state index contributed by atoms with van der Waals surface area (Å²) in [5.74, 6) is 1.86. The van der Waals surface area contributed by atoms with Crippen molar-refractivity contribution < 1.29 is 14.3 Å². The third-order valence-electron chi connectivity index (χ3n) is 8.41. The third-order valence-corrected chi connectivity index (χ3v) is 8.67. The molecule has 2 aliphatic heterocycles. The highest BCUT2D eigenvalue weighted by molar-refractivity contribution is 7.16. The maximum Gasteiger partial charge on any atom is 0.414 e. The topological polar surface area (TPSA) is 121 Å². The Hall–Kier alpha value is -3.58. The number of aryl methyl sites for hydroxylation is 1. The van der Waals surface area contributed by atoms with Crippen molar-refractivity contribution in [2.45, 2.75) is 65.0 Å². The molecule has 0 radical (unpaired) electrons. The van der Waals surface area contributed by atoms with Crippen molar-refractivity contribution in [3.8, 4) is 17.3 Å². The van der Waals surface area contributed by atoms with Crippen LogP contribution in [-0.2, 0) is 21.4 Å². The quantitative estimate of drug-likeness (QED) is 0.305. The average molecular weight is 633 g/mol. The van der Waals surface area contributed by atoms with Crippen molar-refractivity contribution in [3.63, 3.8) is 0 Å². The molecule has 0 saturated carbocycles. The number of hydrogen-bond acceptors (Lipinski definition) is 9. The fourth-order valence-electron chi connectivity index (χ4n) is 6.35. The summed E-state index contributed by atoms with van der Waals surface area (Å²) in [6, 6.07) is 9.94. The van der Waals surface area contributed by atoms with E-state index in [1.54, 1.807) is 24.3 Å². The molecule has 2 atom stereocenters. The minimum absolute atomic E-state index is 0.333. The second kappa shape index (κ2) is 13.4. The van der Waals surface area contributed by atoms with Crippen LogP contribution < -0.4 is 10.2 Å². The Morgan fingerprint density at radius 2 is 2.00 bits per heavy atom. The molecule has 1 N–H and O–H groups in total. The molecule has 0 spiro atoms. The van der Waals surface area contributed by atoms with Crippen molar-refractivity contribution in [2.24, 2.45) is 5.92 Å². The van der Waals surface area contributed by atoms with E-state index >= 15 is 0 Å². The first-order valence-corrected chi connectivity index (χ1v) is 16.4. The van der Waals surface area contributed by atoms with E-state index < -0.39 is 17.1 Å². The number of anilines is 3. The molecule has 0 bridgehead atoms. The average Bonchev–Trinajstić information content (AvgIpc) is 3.48. The number of aromatic nitrogens is 4. The van der Waals surface area contributed by atoms with E-state index in [0.717, 1.165) is 67.8 Å². The zero-order valence-corrected chi connectivity index (χ0v) is 28.4. The predicted molar refractivity (Wildman–Crippen MR) is 179 cm³/mol. The molecule has 4 heterocycles. The Bertz CT molecular complexity index is 1570. The number of benzene rings is 1. The highest BCUT2D eigenvalue weighted by Gasteiger charge is 2.44. The number of carbonyl (C=O) groups is 1. The second-order valence-electron chi connectivity index (χ2n) is 13.4. The number of carbonyl (C=O) groups excluding carboxylic acids is 1. The van der Waals surface area contributed by atoms with Gasteiger partial charge in [0, 0.05) is 50.0 Å². The molecule has 1 unspecified atom stereocenters. The summed E-state index contributed by atoms with van der Waals surface area (Å²) < 4.78 is 13.3. The van der Waals surface area contributed by atoms with E-state index in [9.17, 15) is 10.1 Å². The summed E-state index contributed by atoms with van der Waals surface area (Å²) in [4.78, 5) is 26.7. The van der Waals surface area contributed by atoms with E-state index in [4.69, 9.17) is 19.6 Å². The van der Waals surface area contributed by atoms with Crippen LogP contribution in [0.1, 0.15) is 57.4 Å². The van der Waals surface area contributed by atoms with Gasteiger partial charge in [-0.2, -0.15) is 10.4 Å². The Morgan fingerprint density at radius 1 is 1.24 bits per heavy atom. The monoisotopic (exact) mass is 632 g/mol. The number of piperidine rings is 1. The highest BCUT2D eigenvalue weighted by atomic mass is 31.0. The van der Waals surface area contributed by atoms with Gasteiger partial charge in [-0.15, -0.1) is 9.24 Å². The van der Waals surface area contributed by atoms with Gasteiger partial charge in [0.2, 0.25) is 5.95 Å². The Labute approximate surface area is 268 Å². The number of nitriles is 1. The number of nitrogens with zero attached hydrogens (tertiary/aromatic N) is 7. The fourth-order valence-corrected chi connectivity index (χ4v) is 6.71. The number of amides is 1. The highest BCUT2D eigenvalue weighted by Crippen LogP contribution is 2.45. The molecule has 2 aliphatic rings. The van der Waals surface area contributed by atoms with Crippen molar-refractivity contribution in [3.05, 3.63) is 47.3 Å². The van der Waals surface area contributed by atoms with Gasteiger partial charge in [0.05, 0.1) is 29.2 Å². The standard InChI is InChI=1S/C33H45N8O3P/c1-22-15-28(41(38-22)19-23-8-11-39(12-9-23)13-14-45)37-30-35-10-7-27(36-30)24-16-25(18-34)29-26(17-24)33(5,21-43-6)20-40(29)31(42)44-32(2,3)4/h7,10,15-17,23H,8-9,11-14,19-21,45H2,1-6H3,(H,35,36,37)/t33-/m1/s1. The first-order chi connectivity index (χ1) is 21.4. The third kappa shape index (κ3) is 7.46. The SMILES string of the molecule is COC[C@@]1(C)CN(C(=O)OC(C)(C)C)c2c(C#N)cc(-c3ccnc(Nc4cc(C)nn4CC4CCN(CCP)CC4)n3)cc21. The minimum Gasteiger partial charge on any atom is -0.443 e. The van der Waals surface area contributed by atoms with Gasteiger partial charge in [0.25, 0.3) is 0 Å². The molecule has 2 aromatic heterocycles. The molecule has 1 fully saturated rings. The van der Waals surface area contributed by atoms with Gasteiger partial charge in [-0.05, 0) is 89.5 Å². The zero-order chi connectivity index (χ0) is 32.4. The second-order valence-corrected chi connectivity index (χ2v) is 14.0. The molecule has 3 aromatic rings. The summed E-state index contributed by atoms with van der Waals surface area (Å²) in [6.45, 7) is 14.4. The van der Waals surface area contributed by atoms with E-state index in [1.807, 2.05) is 57.5 Å². The lowest BCUT2D eigenvalue weighted by Crippen LogP contribution is -2.40. The molecule has 45 heavy (non-hydrogen) atoms. The zero-order valence-electron chi connectivity index (χ0n) is 27.3. The maximum atomic E-state index is 13.3. The summed E-state index contributed by atoms with van der Waals surface area (Å²) in [6.07, 6.45) is 4.64. The van der Waals surface area contributed by atoms with Crippen molar-refractivity contribution in [2.75, 3.05) is 56.3 Å². The molecule has 240 valence electrons. The Morgan fingerprint density at radius 3 is 2.67 bits per heavy atom. The van der Waals surface area contributed by atoms with Gasteiger partial charge in [-0.25, -0.2) is 19.4 Å². The maximum absolute atomic E-state index is 13.3. The normalized spacial score (nSPS) is 18.9. The lowest BCUT2D eigenvalue weighted by atomic mass is 9.83. The van der Waals surface area contributed by atoms with Gasteiger partial charge in [-0.1, -0.05) is 6.92 Å². The number of rotatable bonds is 9. The van der Waals surface area contributed by atoms with Gasteiger partial charge < -0.3 is 19.7 Å². The van der Waals surface area contributed by atoms with Crippen LogP contribution in [0, 0.1) is 24.2 Å². The van der Waals surface area contributed by atoms with Crippen LogP contribution in [-0.4, -0.2) is 82.4 Å². The van der Waals surface area contributed by atoms with Crippen LogP contribution in [0.15, 0.2) is 30.5 Å². The van der Waals surface area contributed by atoms with Gasteiger partial charge >= 0.3 is 6.09 Å². The van der Waals surface area contributed by atoms with E-state index in [0.29, 0.717) is 42.0 Å². The molecular weight excluding hydrogens is 587 g/mol. The van der Waals surface area contributed by atoms with Gasteiger partial charge in [-0.3, -0.25) is 4.90 Å². The van der Waals surface area contributed by atoms with Crippen LogP contribution in [0.5, 0.6) is 0 Å². The first-order valence-electron chi connectivity index (χ1n) is 15.6. The van der Waals surface area contributed by atoms with Crippen LogP contribution in [0.4, 0.5) is 22.2 Å². The molecule has 12 heteroatoms. The van der Waals surface area contributed by atoms with Crippen LogP contribution in [0.25, 0.3) is 11.3 Å². The Kier molecular flexibility index (Phi) is 9.78. The number of methoxy groups -OCH3 is 1. The van der Waals surface area contributed by atoms with Crippen LogP contribution in [0.3, 0.4) is 0 Å². The fraction of sp³-hybridized carbons (Fsp3) is 0.545. The first kappa shape index (κ1) is 32.8. The number of ether oxygens (including phenoxy) is 2. The largest absolute Gasteiger partial charge is 0.443 e. The molecule has 1 saturated heterocycles. The van der Waals surface area contributed by atoms with Gasteiger partial charge in [0.15, 0.2) is 0 Å².